The van der Waals surface area contributed by atoms with Crippen LogP contribution in [0.5, 0.6) is 0 Å². The fourth-order valence-corrected chi connectivity index (χ4v) is 1.77. The molecule has 1 rings (SSSR count). The normalized spacial score (nSPS) is 30.4. The van der Waals surface area contributed by atoms with Crippen molar-refractivity contribution in [3.63, 3.8) is 0 Å². The quantitative estimate of drug-likeness (QED) is 0.528. The Morgan fingerprint density at radius 3 is 2.42 bits per heavy atom. The van der Waals surface area contributed by atoms with Gasteiger partial charge in [-0.2, -0.15) is 0 Å². The molecule has 12 heavy (non-hydrogen) atoms. The molecular weight excluding hydrogens is 174 g/mol. The summed E-state index contributed by atoms with van der Waals surface area (Å²) in [7, 11) is 0. The van der Waals surface area contributed by atoms with Crippen LogP contribution in [0.3, 0.4) is 0 Å². The van der Waals surface area contributed by atoms with Crippen LogP contribution in [0.2, 0.25) is 0 Å². The minimum absolute atomic E-state index is 0.148. The molecule has 0 N–H and O–H groups in total. The molecule has 1 saturated heterocycles. The lowest BCUT2D eigenvalue weighted by Gasteiger charge is -2.37. The van der Waals surface area contributed by atoms with Gasteiger partial charge in [-0.05, 0) is 26.5 Å². The molecule has 1 aliphatic rings. The van der Waals surface area contributed by atoms with Crippen LogP contribution in [0.15, 0.2) is 0 Å². The average molecular weight is 190 g/mol. The zero-order valence-corrected chi connectivity index (χ0v) is 8.54. The summed E-state index contributed by atoms with van der Waals surface area (Å²) < 4.78 is 5.31. The topological polar surface area (TPSA) is 29.5 Å². The van der Waals surface area contributed by atoms with Crippen LogP contribution in [0.4, 0.5) is 0 Å². The van der Waals surface area contributed by atoms with Crippen LogP contribution in [0.1, 0.15) is 13.8 Å². The van der Waals surface area contributed by atoms with E-state index >= 15 is 0 Å². The first kappa shape index (κ1) is 9.86. The van der Waals surface area contributed by atoms with Crippen molar-refractivity contribution in [1.29, 1.82) is 0 Å². The van der Waals surface area contributed by atoms with Crippen LogP contribution in [0, 0.1) is 0 Å². The Balaban J connectivity index is 2.62. The van der Waals surface area contributed by atoms with Gasteiger partial charge in [0.15, 0.2) is 5.75 Å². The van der Waals surface area contributed by atoms with Gasteiger partial charge in [0.25, 0.3) is 5.91 Å². The van der Waals surface area contributed by atoms with E-state index in [4.69, 9.17) is 4.74 Å². The molecule has 0 saturated carbocycles. The number of carbonyl (C=O) groups is 1. The number of nitrogens with zero attached hydrogens (tertiary/aromatic N) is 1. The van der Waals surface area contributed by atoms with E-state index in [9.17, 15) is 4.79 Å². The number of hydrogen-bond acceptors (Lipinski definition) is 2. The van der Waals surface area contributed by atoms with Gasteiger partial charge in [-0.25, -0.2) is 0 Å². The molecule has 1 amide bonds. The van der Waals surface area contributed by atoms with Gasteiger partial charge in [-0.1, -0.05) is 0 Å². The van der Waals surface area contributed by atoms with E-state index in [1.807, 2.05) is 18.7 Å². The Kier molecular flexibility index (Phi) is 3.40. The molecule has 1 fully saturated rings. The first-order valence-corrected chi connectivity index (χ1v) is 4.91. The Morgan fingerprint density at radius 1 is 1.50 bits per heavy atom. The first-order chi connectivity index (χ1) is 5.66. The van der Waals surface area contributed by atoms with Crippen molar-refractivity contribution in [2.75, 3.05) is 19.0 Å². The molecule has 2 atom stereocenters. The average Bonchev–Trinajstić information content (AvgIpc) is 2.03. The predicted molar refractivity (Wildman–Crippen MR) is 51.6 cm³/mol. The fourth-order valence-electron chi connectivity index (χ4n) is 1.59. The number of morpholine rings is 1. The van der Waals surface area contributed by atoms with Crippen molar-refractivity contribution in [2.45, 2.75) is 25.9 Å². The SMILES string of the molecule is CC1COCC(C)N1C(=O)C[SH2+]. The fraction of sp³-hybridized carbons (Fsp3) is 0.875. The summed E-state index contributed by atoms with van der Waals surface area (Å²) in [5, 5.41) is 0. The third kappa shape index (κ3) is 1.93. The lowest BCUT2D eigenvalue weighted by atomic mass is 10.2. The van der Waals surface area contributed by atoms with Gasteiger partial charge in [0.05, 0.1) is 25.3 Å². The molecule has 70 valence electrons. The van der Waals surface area contributed by atoms with Gasteiger partial charge in [-0.15, -0.1) is 0 Å². The van der Waals surface area contributed by atoms with Crippen molar-refractivity contribution in [3.8, 4) is 0 Å². The second kappa shape index (κ2) is 4.14. The van der Waals surface area contributed by atoms with Gasteiger partial charge < -0.3 is 9.64 Å². The Bertz CT molecular complexity index is 164. The minimum atomic E-state index is 0.148. The highest BCUT2D eigenvalue weighted by Crippen LogP contribution is 2.12. The molecule has 4 heteroatoms. The van der Waals surface area contributed by atoms with Crippen LogP contribution in [0.25, 0.3) is 0 Å². The highest BCUT2D eigenvalue weighted by atomic mass is 32.1. The number of amides is 1. The summed E-state index contributed by atoms with van der Waals surface area (Å²) in [6, 6.07) is 0.412. The monoisotopic (exact) mass is 190 g/mol. The van der Waals surface area contributed by atoms with Crippen molar-refractivity contribution >= 4 is 18.5 Å². The van der Waals surface area contributed by atoms with Gasteiger partial charge in [0.2, 0.25) is 0 Å². The molecule has 2 unspecified atom stereocenters. The first-order valence-electron chi connectivity index (χ1n) is 4.20. The molecule has 0 radical (unpaired) electrons. The van der Waals surface area contributed by atoms with E-state index in [0.29, 0.717) is 19.0 Å². The number of ether oxygens (including phenoxy) is 1. The molecule has 0 aromatic rings. The molecule has 0 aromatic heterocycles. The van der Waals surface area contributed by atoms with E-state index in [1.54, 1.807) is 0 Å². The van der Waals surface area contributed by atoms with Gasteiger partial charge >= 0.3 is 0 Å². The summed E-state index contributed by atoms with van der Waals surface area (Å²) in [4.78, 5) is 13.3. The predicted octanol–water partition coefficient (Wildman–Crippen LogP) is -0.366. The second-order valence-electron chi connectivity index (χ2n) is 3.21. The van der Waals surface area contributed by atoms with Crippen LogP contribution in [-0.2, 0) is 22.2 Å². The molecule has 1 heterocycles. The lowest BCUT2D eigenvalue weighted by Crippen LogP contribution is -2.53. The molecular formula is C8H16NO2S+. The highest BCUT2D eigenvalue weighted by Gasteiger charge is 2.29. The number of carbonyl (C=O) groups excluding carboxylic acids is 1. The number of hydrogen-bond donors (Lipinski definition) is 0. The summed E-state index contributed by atoms with van der Waals surface area (Å²) in [5.74, 6) is 0.546. The summed E-state index contributed by atoms with van der Waals surface area (Å²) in [6.45, 7) is 5.33. The van der Waals surface area contributed by atoms with E-state index in [0.717, 1.165) is 0 Å². The zero-order chi connectivity index (χ0) is 9.14. The van der Waals surface area contributed by atoms with E-state index in [-0.39, 0.29) is 18.0 Å². The van der Waals surface area contributed by atoms with Crippen molar-refractivity contribution in [3.05, 3.63) is 0 Å². The van der Waals surface area contributed by atoms with E-state index in [2.05, 4.69) is 12.6 Å². The maximum Gasteiger partial charge on any atom is 0.272 e. The van der Waals surface area contributed by atoms with Crippen LogP contribution >= 0.6 is 0 Å². The number of rotatable bonds is 1. The molecule has 1 aliphatic heterocycles. The Morgan fingerprint density at radius 2 is 2.00 bits per heavy atom. The molecule has 0 aliphatic carbocycles. The lowest BCUT2D eigenvalue weighted by molar-refractivity contribution is -0.141. The smallest absolute Gasteiger partial charge is 0.272 e. The Labute approximate surface area is 78.5 Å². The second-order valence-corrected chi connectivity index (χ2v) is 3.57. The van der Waals surface area contributed by atoms with Gasteiger partial charge in [0.1, 0.15) is 0 Å². The Hall–Kier alpha value is -0.220. The molecule has 0 bridgehead atoms. The highest BCUT2D eigenvalue weighted by molar-refractivity contribution is 7.59. The maximum atomic E-state index is 11.4. The molecule has 0 spiro atoms. The van der Waals surface area contributed by atoms with Crippen molar-refractivity contribution in [1.82, 2.24) is 4.90 Å². The summed E-state index contributed by atoms with van der Waals surface area (Å²) in [5.41, 5.74) is 0. The van der Waals surface area contributed by atoms with Gasteiger partial charge in [-0.3, -0.25) is 4.79 Å². The third-order valence-corrected chi connectivity index (χ3v) is 2.41. The minimum Gasteiger partial charge on any atom is -0.377 e. The van der Waals surface area contributed by atoms with Gasteiger partial charge in [0, 0.05) is 0 Å². The van der Waals surface area contributed by atoms with Crippen LogP contribution in [-0.4, -0.2) is 41.9 Å². The zero-order valence-electron chi connectivity index (χ0n) is 7.54. The van der Waals surface area contributed by atoms with E-state index < -0.39 is 0 Å². The molecule has 3 nitrogen and oxygen atoms in total. The third-order valence-electron chi connectivity index (χ3n) is 2.11. The largest absolute Gasteiger partial charge is 0.377 e. The van der Waals surface area contributed by atoms with Crippen LogP contribution < -0.4 is 0 Å². The van der Waals surface area contributed by atoms with E-state index in [1.165, 1.54) is 0 Å². The maximum absolute atomic E-state index is 11.4. The molecule has 0 aromatic carbocycles. The summed E-state index contributed by atoms with van der Waals surface area (Å²) in [6.07, 6.45) is 0. The standard InChI is InChI=1S/C8H15NO2S/c1-6-3-11-4-7(2)9(6)8(10)5-12/h6-7,12H,3-5H2,1-2H3/p+1. The van der Waals surface area contributed by atoms with Crippen molar-refractivity contribution in [2.24, 2.45) is 0 Å². The van der Waals surface area contributed by atoms with Crippen molar-refractivity contribution < 1.29 is 9.53 Å². The summed E-state index contributed by atoms with van der Waals surface area (Å²) >= 11 is 3.22.